The van der Waals surface area contributed by atoms with Crippen LogP contribution in [0.1, 0.15) is 20.3 Å². The van der Waals surface area contributed by atoms with Crippen molar-refractivity contribution in [3.63, 3.8) is 0 Å². The zero-order valence-corrected chi connectivity index (χ0v) is 12.5. The van der Waals surface area contributed by atoms with Gasteiger partial charge in [-0.15, -0.1) is 0 Å². The van der Waals surface area contributed by atoms with E-state index in [2.05, 4.69) is 0 Å². The number of ether oxygens (including phenoxy) is 2. The average molecular weight is 280 g/mol. The topological polar surface area (TPSA) is 64.8 Å². The third kappa shape index (κ3) is 6.43. The van der Waals surface area contributed by atoms with Crippen LogP contribution in [0, 0.1) is 0 Å². The molecule has 0 aromatic heterocycles. The zero-order chi connectivity index (χ0) is 15.0. The third-order valence-electron chi connectivity index (χ3n) is 2.77. The number of hydrogen-bond acceptors (Lipinski definition) is 4. The molecule has 0 saturated carbocycles. The molecule has 0 spiro atoms. The van der Waals surface area contributed by atoms with Crippen LogP contribution >= 0.6 is 0 Å². The lowest BCUT2D eigenvalue weighted by atomic mass is 10.3. The van der Waals surface area contributed by atoms with Crippen molar-refractivity contribution in [2.75, 3.05) is 32.5 Å². The number of hydrogen-bond donors (Lipinski definition) is 1. The minimum Gasteiger partial charge on any atom is -0.493 e. The maximum Gasteiger partial charge on any atom is 0.225 e. The quantitative estimate of drug-likeness (QED) is 0.739. The Balaban J connectivity index is 2.20. The molecule has 0 atom stereocenters. The standard InChI is InChI=1S/C15H24N2O3/c1-12(2)19-11-9-17(3)15(18)8-10-20-14-6-4-13(16)5-7-14/h4-7,12H,8-11,16H2,1-3H3. The molecule has 0 unspecified atom stereocenters. The normalized spacial score (nSPS) is 10.6. The second-order valence-electron chi connectivity index (χ2n) is 4.90. The van der Waals surface area contributed by atoms with Gasteiger partial charge >= 0.3 is 0 Å². The lowest BCUT2D eigenvalue weighted by molar-refractivity contribution is -0.131. The van der Waals surface area contributed by atoms with Gasteiger partial charge in [0.2, 0.25) is 5.91 Å². The molecule has 1 amide bonds. The summed E-state index contributed by atoms with van der Waals surface area (Å²) in [7, 11) is 1.77. The minimum absolute atomic E-state index is 0.0489. The van der Waals surface area contributed by atoms with Crippen LogP contribution in [-0.2, 0) is 9.53 Å². The van der Waals surface area contributed by atoms with Crippen LogP contribution in [-0.4, -0.2) is 43.7 Å². The van der Waals surface area contributed by atoms with Crippen LogP contribution in [0.15, 0.2) is 24.3 Å². The van der Waals surface area contributed by atoms with Crippen molar-refractivity contribution in [3.05, 3.63) is 24.3 Å². The number of benzene rings is 1. The number of anilines is 1. The molecule has 0 radical (unpaired) electrons. The molecule has 0 heterocycles. The summed E-state index contributed by atoms with van der Waals surface area (Å²) >= 11 is 0. The predicted octanol–water partition coefficient (Wildman–Crippen LogP) is 1.92. The van der Waals surface area contributed by atoms with Crippen molar-refractivity contribution < 1.29 is 14.3 Å². The van der Waals surface area contributed by atoms with Gasteiger partial charge in [-0.1, -0.05) is 0 Å². The first-order valence-electron chi connectivity index (χ1n) is 6.83. The minimum atomic E-state index is 0.0489. The lowest BCUT2D eigenvalue weighted by Crippen LogP contribution is -2.31. The first-order chi connectivity index (χ1) is 9.49. The summed E-state index contributed by atoms with van der Waals surface area (Å²) in [4.78, 5) is 13.5. The van der Waals surface area contributed by atoms with Crippen molar-refractivity contribution >= 4 is 11.6 Å². The number of nitrogens with zero attached hydrogens (tertiary/aromatic N) is 1. The van der Waals surface area contributed by atoms with Gasteiger partial charge in [0.1, 0.15) is 5.75 Å². The molecular formula is C15H24N2O3. The van der Waals surface area contributed by atoms with Crippen LogP contribution in [0.4, 0.5) is 5.69 Å². The second-order valence-corrected chi connectivity index (χ2v) is 4.90. The Hall–Kier alpha value is -1.75. The zero-order valence-electron chi connectivity index (χ0n) is 12.5. The van der Waals surface area contributed by atoms with E-state index in [1.54, 1.807) is 36.2 Å². The highest BCUT2D eigenvalue weighted by molar-refractivity contribution is 5.75. The number of carbonyl (C=O) groups excluding carboxylic acids is 1. The van der Waals surface area contributed by atoms with Gasteiger partial charge in [0, 0.05) is 19.3 Å². The van der Waals surface area contributed by atoms with Crippen LogP contribution < -0.4 is 10.5 Å². The molecular weight excluding hydrogens is 256 g/mol. The Labute approximate surface area is 120 Å². The highest BCUT2D eigenvalue weighted by atomic mass is 16.5. The summed E-state index contributed by atoms with van der Waals surface area (Å²) in [6, 6.07) is 7.12. The molecule has 1 aromatic carbocycles. The first kappa shape index (κ1) is 16.3. The van der Waals surface area contributed by atoms with E-state index in [0.717, 1.165) is 5.75 Å². The number of rotatable bonds is 8. The van der Waals surface area contributed by atoms with E-state index >= 15 is 0 Å². The fourth-order valence-corrected chi connectivity index (χ4v) is 1.56. The molecule has 1 rings (SSSR count). The van der Waals surface area contributed by atoms with Gasteiger partial charge in [-0.3, -0.25) is 4.79 Å². The number of nitrogens with two attached hydrogens (primary N) is 1. The average Bonchev–Trinajstić information content (AvgIpc) is 2.40. The van der Waals surface area contributed by atoms with Gasteiger partial charge in [-0.05, 0) is 38.1 Å². The SMILES string of the molecule is CC(C)OCCN(C)C(=O)CCOc1ccc(N)cc1. The van der Waals surface area contributed by atoms with Crippen molar-refractivity contribution in [1.29, 1.82) is 0 Å². The van der Waals surface area contributed by atoms with E-state index in [1.165, 1.54) is 0 Å². The molecule has 20 heavy (non-hydrogen) atoms. The van der Waals surface area contributed by atoms with Gasteiger partial charge < -0.3 is 20.1 Å². The summed E-state index contributed by atoms with van der Waals surface area (Å²) in [6.45, 7) is 5.46. The summed E-state index contributed by atoms with van der Waals surface area (Å²) in [5.41, 5.74) is 6.28. The highest BCUT2D eigenvalue weighted by Crippen LogP contribution is 2.13. The Bertz CT molecular complexity index is 404. The maximum absolute atomic E-state index is 11.8. The highest BCUT2D eigenvalue weighted by Gasteiger charge is 2.09. The third-order valence-corrected chi connectivity index (χ3v) is 2.77. The fourth-order valence-electron chi connectivity index (χ4n) is 1.56. The molecule has 0 aliphatic rings. The molecule has 0 bridgehead atoms. The van der Waals surface area contributed by atoms with Crippen molar-refractivity contribution in [2.45, 2.75) is 26.4 Å². The van der Waals surface area contributed by atoms with Crippen molar-refractivity contribution in [1.82, 2.24) is 4.90 Å². The van der Waals surface area contributed by atoms with E-state index in [-0.39, 0.29) is 12.0 Å². The first-order valence-corrected chi connectivity index (χ1v) is 6.83. The molecule has 0 aliphatic carbocycles. The van der Waals surface area contributed by atoms with Crippen LogP contribution in [0.3, 0.4) is 0 Å². The molecule has 112 valence electrons. The van der Waals surface area contributed by atoms with Crippen LogP contribution in [0.2, 0.25) is 0 Å². The van der Waals surface area contributed by atoms with Gasteiger partial charge in [0.15, 0.2) is 0 Å². The van der Waals surface area contributed by atoms with E-state index in [4.69, 9.17) is 15.2 Å². The summed E-state index contributed by atoms with van der Waals surface area (Å²) in [5.74, 6) is 0.769. The summed E-state index contributed by atoms with van der Waals surface area (Å²) in [6.07, 6.45) is 0.537. The predicted molar refractivity (Wildman–Crippen MR) is 79.7 cm³/mol. The molecule has 5 heteroatoms. The monoisotopic (exact) mass is 280 g/mol. The fraction of sp³-hybridized carbons (Fsp3) is 0.533. The Morgan fingerprint density at radius 1 is 1.25 bits per heavy atom. The van der Waals surface area contributed by atoms with Crippen molar-refractivity contribution in [2.24, 2.45) is 0 Å². The smallest absolute Gasteiger partial charge is 0.225 e. The van der Waals surface area contributed by atoms with E-state index in [9.17, 15) is 4.79 Å². The van der Waals surface area contributed by atoms with E-state index < -0.39 is 0 Å². The number of nitrogen functional groups attached to an aromatic ring is 1. The van der Waals surface area contributed by atoms with Crippen LogP contribution in [0.25, 0.3) is 0 Å². The summed E-state index contributed by atoms with van der Waals surface area (Å²) < 4.78 is 10.9. The Kier molecular flexibility index (Phi) is 6.87. The number of amides is 1. The number of carbonyl (C=O) groups is 1. The second kappa shape index (κ2) is 8.43. The molecule has 1 aromatic rings. The molecule has 0 aliphatic heterocycles. The van der Waals surface area contributed by atoms with E-state index in [1.807, 2.05) is 13.8 Å². The molecule has 0 saturated heterocycles. The lowest BCUT2D eigenvalue weighted by Gasteiger charge is -2.18. The van der Waals surface area contributed by atoms with Crippen molar-refractivity contribution in [3.8, 4) is 5.75 Å². The Morgan fingerprint density at radius 3 is 2.50 bits per heavy atom. The molecule has 2 N–H and O–H groups in total. The largest absolute Gasteiger partial charge is 0.493 e. The number of likely N-dealkylation sites (N-methyl/N-ethyl adjacent to an activating group) is 1. The van der Waals surface area contributed by atoms with E-state index in [0.29, 0.717) is 31.9 Å². The summed E-state index contributed by atoms with van der Waals surface area (Å²) in [5, 5.41) is 0. The van der Waals surface area contributed by atoms with Gasteiger partial charge in [-0.2, -0.15) is 0 Å². The van der Waals surface area contributed by atoms with Gasteiger partial charge in [0.05, 0.1) is 25.7 Å². The van der Waals surface area contributed by atoms with Gasteiger partial charge in [0.25, 0.3) is 0 Å². The molecule has 5 nitrogen and oxygen atoms in total. The Morgan fingerprint density at radius 2 is 1.90 bits per heavy atom. The maximum atomic E-state index is 11.8. The molecule has 0 fully saturated rings. The van der Waals surface area contributed by atoms with Gasteiger partial charge in [-0.25, -0.2) is 0 Å². The van der Waals surface area contributed by atoms with Crippen LogP contribution in [0.5, 0.6) is 5.75 Å².